The first-order valence-electron chi connectivity index (χ1n) is 9.91. The number of rotatable bonds is 6. The first-order valence-corrected chi connectivity index (χ1v) is 9.91. The van der Waals surface area contributed by atoms with Crippen molar-refractivity contribution >= 4 is 17.5 Å². The standard InChI is InChI=1S/C23H23N3O4/c1-15-9-10-17(12-19(15)26-22(28)20-8-5-11-29-20)21(27)24-13-18-14-30-23(25-18)16-6-3-2-4-7-16/h2-4,6-7,9-10,12,14,20H,5,8,11,13H2,1H3,(H,24,27)(H,26,28). The smallest absolute Gasteiger partial charge is 0.253 e. The van der Waals surface area contributed by atoms with E-state index in [1.165, 1.54) is 6.26 Å². The van der Waals surface area contributed by atoms with Gasteiger partial charge >= 0.3 is 0 Å². The van der Waals surface area contributed by atoms with E-state index in [1.54, 1.807) is 12.1 Å². The molecule has 1 aliphatic heterocycles. The summed E-state index contributed by atoms with van der Waals surface area (Å²) in [4.78, 5) is 29.3. The van der Waals surface area contributed by atoms with Crippen molar-refractivity contribution in [3.8, 4) is 11.5 Å². The van der Waals surface area contributed by atoms with Crippen LogP contribution in [0.3, 0.4) is 0 Å². The van der Waals surface area contributed by atoms with Gasteiger partial charge in [0.15, 0.2) is 0 Å². The van der Waals surface area contributed by atoms with Gasteiger partial charge < -0.3 is 19.8 Å². The van der Waals surface area contributed by atoms with Crippen molar-refractivity contribution in [2.75, 3.05) is 11.9 Å². The van der Waals surface area contributed by atoms with Crippen LogP contribution in [0, 0.1) is 6.92 Å². The predicted octanol–water partition coefficient (Wildman–Crippen LogP) is 3.70. The van der Waals surface area contributed by atoms with Crippen molar-refractivity contribution in [1.82, 2.24) is 10.3 Å². The van der Waals surface area contributed by atoms with Crippen LogP contribution in [0.25, 0.3) is 11.5 Å². The molecule has 1 unspecified atom stereocenters. The fraction of sp³-hybridized carbons (Fsp3) is 0.261. The van der Waals surface area contributed by atoms with Crippen molar-refractivity contribution in [2.24, 2.45) is 0 Å². The van der Waals surface area contributed by atoms with E-state index in [1.807, 2.05) is 43.3 Å². The molecule has 1 aliphatic rings. The summed E-state index contributed by atoms with van der Waals surface area (Å²) in [6.07, 6.45) is 2.71. The highest BCUT2D eigenvalue weighted by atomic mass is 16.5. The van der Waals surface area contributed by atoms with Crippen LogP contribution in [0.5, 0.6) is 0 Å². The molecule has 0 spiro atoms. The first kappa shape index (κ1) is 19.8. The summed E-state index contributed by atoms with van der Waals surface area (Å²) >= 11 is 0. The fourth-order valence-electron chi connectivity index (χ4n) is 3.27. The Morgan fingerprint density at radius 1 is 1.17 bits per heavy atom. The van der Waals surface area contributed by atoms with Crippen LogP contribution in [0.2, 0.25) is 0 Å². The average Bonchev–Trinajstić information content (AvgIpc) is 3.46. The molecule has 0 saturated carbocycles. The molecule has 1 fully saturated rings. The summed E-state index contributed by atoms with van der Waals surface area (Å²) in [6, 6.07) is 14.8. The second-order valence-electron chi connectivity index (χ2n) is 7.21. The molecule has 30 heavy (non-hydrogen) atoms. The number of hydrogen-bond acceptors (Lipinski definition) is 5. The number of oxazole rings is 1. The Labute approximate surface area is 174 Å². The number of anilines is 1. The van der Waals surface area contributed by atoms with Crippen molar-refractivity contribution in [1.29, 1.82) is 0 Å². The molecule has 2 amide bonds. The van der Waals surface area contributed by atoms with Crippen LogP contribution >= 0.6 is 0 Å². The Morgan fingerprint density at radius 3 is 2.77 bits per heavy atom. The number of aryl methyl sites for hydroxylation is 1. The number of amides is 2. The highest BCUT2D eigenvalue weighted by molar-refractivity contribution is 5.99. The van der Waals surface area contributed by atoms with E-state index in [0.717, 1.165) is 17.5 Å². The Bertz CT molecular complexity index is 1040. The molecule has 7 nitrogen and oxygen atoms in total. The van der Waals surface area contributed by atoms with E-state index < -0.39 is 6.10 Å². The van der Waals surface area contributed by atoms with Gasteiger partial charge in [0.25, 0.3) is 11.8 Å². The van der Waals surface area contributed by atoms with Gasteiger partial charge in [-0.2, -0.15) is 0 Å². The fourth-order valence-corrected chi connectivity index (χ4v) is 3.27. The molecule has 3 aromatic rings. The van der Waals surface area contributed by atoms with Crippen molar-refractivity contribution < 1.29 is 18.7 Å². The van der Waals surface area contributed by atoms with Gasteiger partial charge in [0.1, 0.15) is 12.4 Å². The minimum absolute atomic E-state index is 0.177. The lowest BCUT2D eigenvalue weighted by molar-refractivity contribution is -0.124. The Hall–Kier alpha value is -3.45. The van der Waals surface area contributed by atoms with Gasteiger partial charge in [-0.3, -0.25) is 9.59 Å². The van der Waals surface area contributed by atoms with E-state index in [0.29, 0.717) is 35.9 Å². The van der Waals surface area contributed by atoms with Crippen molar-refractivity contribution in [2.45, 2.75) is 32.4 Å². The third-order valence-corrected chi connectivity index (χ3v) is 4.98. The summed E-state index contributed by atoms with van der Waals surface area (Å²) < 4.78 is 10.9. The maximum atomic E-state index is 12.6. The quantitative estimate of drug-likeness (QED) is 0.652. The highest BCUT2D eigenvalue weighted by Gasteiger charge is 2.24. The molecule has 0 bridgehead atoms. The van der Waals surface area contributed by atoms with Gasteiger partial charge in [0, 0.05) is 23.4 Å². The summed E-state index contributed by atoms with van der Waals surface area (Å²) in [7, 11) is 0. The minimum atomic E-state index is -0.423. The third-order valence-electron chi connectivity index (χ3n) is 4.98. The summed E-state index contributed by atoms with van der Waals surface area (Å²) in [5, 5.41) is 5.71. The topological polar surface area (TPSA) is 93.5 Å². The maximum absolute atomic E-state index is 12.6. The van der Waals surface area contributed by atoms with Gasteiger partial charge in [0.2, 0.25) is 5.89 Å². The van der Waals surface area contributed by atoms with Crippen LogP contribution in [-0.2, 0) is 16.1 Å². The van der Waals surface area contributed by atoms with E-state index in [-0.39, 0.29) is 18.4 Å². The average molecular weight is 405 g/mol. The molecule has 1 atom stereocenters. The van der Waals surface area contributed by atoms with Crippen molar-refractivity contribution in [3.05, 3.63) is 71.6 Å². The second-order valence-corrected chi connectivity index (χ2v) is 7.21. The molecule has 2 aromatic carbocycles. The Balaban J connectivity index is 1.39. The van der Waals surface area contributed by atoms with Gasteiger partial charge in [-0.05, 0) is 49.6 Å². The molecular formula is C23H23N3O4. The lowest BCUT2D eigenvalue weighted by Crippen LogP contribution is -2.27. The SMILES string of the molecule is Cc1ccc(C(=O)NCc2coc(-c3ccccc3)n2)cc1NC(=O)C1CCCO1. The van der Waals surface area contributed by atoms with Crippen LogP contribution in [0.1, 0.15) is 34.5 Å². The Morgan fingerprint density at radius 2 is 2.00 bits per heavy atom. The summed E-state index contributed by atoms with van der Waals surface area (Å²) in [6.45, 7) is 2.72. The number of nitrogens with zero attached hydrogens (tertiary/aromatic N) is 1. The molecule has 0 radical (unpaired) electrons. The number of carbonyl (C=O) groups excluding carboxylic acids is 2. The van der Waals surface area contributed by atoms with Gasteiger partial charge in [-0.1, -0.05) is 24.3 Å². The van der Waals surface area contributed by atoms with Gasteiger partial charge in [-0.25, -0.2) is 4.98 Å². The van der Waals surface area contributed by atoms with Gasteiger partial charge in [-0.15, -0.1) is 0 Å². The zero-order chi connectivity index (χ0) is 20.9. The maximum Gasteiger partial charge on any atom is 0.253 e. The number of benzene rings is 2. The number of ether oxygens (including phenoxy) is 1. The highest BCUT2D eigenvalue weighted by Crippen LogP contribution is 2.21. The number of aromatic nitrogens is 1. The van der Waals surface area contributed by atoms with Crippen LogP contribution in [0.4, 0.5) is 5.69 Å². The van der Waals surface area contributed by atoms with Crippen LogP contribution < -0.4 is 10.6 Å². The molecule has 0 aliphatic carbocycles. The minimum Gasteiger partial charge on any atom is -0.444 e. The van der Waals surface area contributed by atoms with E-state index in [4.69, 9.17) is 9.15 Å². The number of hydrogen-bond donors (Lipinski definition) is 2. The summed E-state index contributed by atoms with van der Waals surface area (Å²) in [5.74, 6) is 0.0744. The largest absolute Gasteiger partial charge is 0.444 e. The molecule has 2 heterocycles. The lowest BCUT2D eigenvalue weighted by Gasteiger charge is -2.13. The molecule has 4 rings (SSSR count). The molecule has 1 aromatic heterocycles. The van der Waals surface area contributed by atoms with Gasteiger partial charge in [0.05, 0.1) is 12.2 Å². The van der Waals surface area contributed by atoms with Crippen LogP contribution in [0.15, 0.2) is 59.2 Å². The molecule has 7 heteroatoms. The van der Waals surface area contributed by atoms with Crippen molar-refractivity contribution in [3.63, 3.8) is 0 Å². The van der Waals surface area contributed by atoms with E-state index in [9.17, 15) is 9.59 Å². The lowest BCUT2D eigenvalue weighted by atomic mass is 10.1. The third kappa shape index (κ3) is 4.58. The first-order chi connectivity index (χ1) is 14.6. The normalized spacial score (nSPS) is 15.7. The second kappa shape index (κ2) is 8.92. The van der Waals surface area contributed by atoms with Crippen LogP contribution in [-0.4, -0.2) is 29.5 Å². The van der Waals surface area contributed by atoms with E-state index in [2.05, 4.69) is 15.6 Å². The summed E-state index contributed by atoms with van der Waals surface area (Å²) in [5.41, 5.74) is 3.44. The Kier molecular flexibility index (Phi) is 5.90. The monoisotopic (exact) mass is 405 g/mol. The molecular weight excluding hydrogens is 382 g/mol. The zero-order valence-corrected chi connectivity index (χ0v) is 16.7. The number of carbonyl (C=O) groups is 2. The van der Waals surface area contributed by atoms with E-state index >= 15 is 0 Å². The predicted molar refractivity (Wildman–Crippen MR) is 112 cm³/mol. The molecule has 154 valence electrons. The zero-order valence-electron chi connectivity index (χ0n) is 16.7. The molecule has 2 N–H and O–H groups in total. The number of nitrogens with one attached hydrogen (secondary N) is 2. The molecule has 1 saturated heterocycles.